The number of nitrogens with zero attached hydrogens (tertiary/aromatic N) is 2. The molecule has 0 saturated carbocycles. The Balaban J connectivity index is 2.22. The van der Waals surface area contributed by atoms with E-state index in [-0.39, 0.29) is 11.4 Å². The Kier molecular flexibility index (Phi) is 4.54. The summed E-state index contributed by atoms with van der Waals surface area (Å²) in [5.74, 6) is 0.111. The number of halogens is 1. The predicted octanol–water partition coefficient (Wildman–Crippen LogP) is 3.90. The van der Waals surface area contributed by atoms with Gasteiger partial charge < -0.3 is 5.11 Å². The topological polar surface area (TPSA) is 87.8 Å². The highest BCUT2D eigenvalue weighted by Gasteiger charge is 2.07. The highest BCUT2D eigenvalue weighted by Crippen LogP contribution is 2.23. The second-order valence-corrected chi connectivity index (χ2v) is 5.19. The van der Waals surface area contributed by atoms with Crippen LogP contribution in [0.5, 0.6) is 5.75 Å². The van der Waals surface area contributed by atoms with Gasteiger partial charge in [-0.1, -0.05) is 22.0 Å². The molecule has 0 unspecified atom stereocenters. The fourth-order valence-electron chi connectivity index (χ4n) is 1.70. The number of hydrogen-bond acceptors (Lipinski definition) is 5. The maximum Gasteiger partial charge on any atom is 0.271 e. The average Bonchev–Trinajstić information content (AvgIpc) is 2.47. The van der Waals surface area contributed by atoms with Crippen LogP contribution >= 0.6 is 15.9 Å². The van der Waals surface area contributed by atoms with Crippen molar-refractivity contribution in [3.8, 4) is 5.75 Å². The van der Waals surface area contributed by atoms with Crippen molar-refractivity contribution in [2.75, 3.05) is 5.43 Å². The van der Waals surface area contributed by atoms with Crippen LogP contribution in [0.3, 0.4) is 0 Å². The standard InChI is InChI=1S/C14H12BrN3O3/c1-9(13-7-10(15)5-6-14(13)19)16-17-11-3-2-4-12(8-11)18(20)21/h2-8,17,19H,1H3/b16-9+. The van der Waals surface area contributed by atoms with E-state index in [0.717, 1.165) is 4.47 Å². The van der Waals surface area contributed by atoms with E-state index in [0.29, 0.717) is 17.0 Å². The van der Waals surface area contributed by atoms with Crippen LogP contribution in [0.2, 0.25) is 0 Å². The van der Waals surface area contributed by atoms with Crippen LogP contribution in [0.1, 0.15) is 12.5 Å². The van der Waals surface area contributed by atoms with Crippen LogP contribution in [0, 0.1) is 10.1 Å². The van der Waals surface area contributed by atoms with Gasteiger partial charge in [-0.3, -0.25) is 15.5 Å². The normalized spacial score (nSPS) is 11.2. The van der Waals surface area contributed by atoms with Gasteiger partial charge in [0.05, 0.1) is 16.3 Å². The summed E-state index contributed by atoms with van der Waals surface area (Å²) in [6.45, 7) is 1.73. The summed E-state index contributed by atoms with van der Waals surface area (Å²) in [5.41, 5.74) is 4.35. The molecule has 21 heavy (non-hydrogen) atoms. The Morgan fingerprint density at radius 2 is 2.10 bits per heavy atom. The molecule has 0 saturated heterocycles. The molecule has 7 heteroatoms. The number of hydrogen-bond donors (Lipinski definition) is 2. The van der Waals surface area contributed by atoms with Gasteiger partial charge in [-0.05, 0) is 31.2 Å². The molecular formula is C14H12BrN3O3. The molecule has 0 aliphatic carbocycles. The molecule has 0 aliphatic heterocycles. The van der Waals surface area contributed by atoms with Crippen molar-refractivity contribution in [1.82, 2.24) is 0 Å². The highest BCUT2D eigenvalue weighted by atomic mass is 79.9. The minimum Gasteiger partial charge on any atom is -0.507 e. The first kappa shape index (κ1) is 15.0. The van der Waals surface area contributed by atoms with E-state index in [1.54, 1.807) is 37.3 Å². The molecule has 2 aromatic carbocycles. The van der Waals surface area contributed by atoms with E-state index in [2.05, 4.69) is 26.5 Å². The lowest BCUT2D eigenvalue weighted by Gasteiger charge is -2.06. The lowest BCUT2D eigenvalue weighted by molar-refractivity contribution is -0.384. The van der Waals surface area contributed by atoms with Gasteiger partial charge in [0.2, 0.25) is 0 Å². The van der Waals surface area contributed by atoms with Gasteiger partial charge in [0, 0.05) is 22.2 Å². The number of non-ortho nitro benzene ring substituents is 1. The third-order valence-corrected chi connectivity index (χ3v) is 3.25. The Labute approximate surface area is 129 Å². The minimum absolute atomic E-state index is 0.0156. The molecule has 0 bridgehead atoms. The van der Waals surface area contributed by atoms with Gasteiger partial charge >= 0.3 is 0 Å². The molecule has 0 aromatic heterocycles. The molecule has 2 N–H and O–H groups in total. The van der Waals surface area contributed by atoms with Crippen LogP contribution in [-0.4, -0.2) is 15.7 Å². The van der Waals surface area contributed by atoms with E-state index in [1.165, 1.54) is 12.1 Å². The maximum atomic E-state index is 10.7. The molecule has 0 radical (unpaired) electrons. The number of aromatic hydroxyl groups is 1. The molecular weight excluding hydrogens is 338 g/mol. The smallest absolute Gasteiger partial charge is 0.271 e. The fraction of sp³-hybridized carbons (Fsp3) is 0.0714. The van der Waals surface area contributed by atoms with Gasteiger partial charge in [-0.2, -0.15) is 5.10 Å². The van der Waals surface area contributed by atoms with Crippen molar-refractivity contribution in [1.29, 1.82) is 0 Å². The van der Waals surface area contributed by atoms with E-state index < -0.39 is 4.92 Å². The van der Waals surface area contributed by atoms with Gasteiger partial charge in [-0.15, -0.1) is 0 Å². The fourth-order valence-corrected chi connectivity index (χ4v) is 2.06. The monoisotopic (exact) mass is 349 g/mol. The van der Waals surface area contributed by atoms with Crippen LogP contribution in [-0.2, 0) is 0 Å². The van der Waals surface area contributed by atoms with Crippen molar-refractivity contribution in [3.63, 3.8) is 0 Å². The summed E-state index contributed by atoms with van der Waals surface area (Å²) in [5, 5.41) is 24.6. The van der Waals surface area contributed by atoms with Gasteiger partial charge in [0.15, 0.2) is 0 Å². The summed E-state index contributed by atoms with van der Waals surface area (Å²) in [6, 6.07) is 11.1. The van der Waals surface area contributed by atoms with E-state index in [9.17, 15) is 15.2 Å². The largest absolute Gasteiger partial charge is 0.507 e. The van der Waals surface area contributed by atoms with E-state index in [4.69, 9.17) is 0 Å². The Morgan fingerprint density at radius 1 is 1.33 bits per heavy atom. The summed E-state index contributed by atoms with van der Waals surface area (Å²) in [6.07, 6.45) is 0. The van der Waals surface area contributed by atoms with Crippen molar-refractivity contribution >= 4 is 33.0 Å². The average molecular weight is 350 g/mol. The maximum absolute atomic E-state index is 10.7. The number of phenolic OH excluding ortho intramolecular Hbond substituents is 1. The predicted molar refractivity (Wildman–Crippen MR) is 84.7 cm³/mol. The molecule has 108 valence electrons. The van der Waals surface area contributed by atoms with Crippen molar-refractivity contribution < 1.29 is 10.0 Å². The quantitative estimate of drug-likeness (QED) is 0.497. The zero-order valence-electron chi connectivity index (χ0n) is 11.1. The zero-order valence-corrected chi connectivity index (χ0v) is 12.7. The lowest BCUT2D eigenvalue weighted by atomic mass is 10.1. The van der Waals surface area contributed by atoms with Gasteiger partial charge in [0.1, 0.15) is 5.75 Å². The zero-order chi connectivity index (χ0) is 15.4. The number of hydrazone groups is 1. The summed E-state index contributed by atoms with van der Waals surface area (Å²) >= 11 is 3.32. The molecule has 2 rings (SSSR count). The lowest BCUT2D eigenvalue weighted by Crippen LogP contribution is -2.00. The molecule has 0 atom stereocenters. The minimum atomic E-state index is -0.470. The third kappa shape index (κ3) is 3.79. The number of anilines is 1. The Bertz CT molecular complexity index is 716. The first-order valence-electron chi connectivity index (χ1n) is 6.01. The Hall–Kier alpha value is -2.41. The molecule has 0 amide bonds. The Morgan fingerprint density at radius 3 is 2.81 bits per heavy atom. The summed E-state index contributed by atoms with van der Waals surface area (Å²) in [7, 11) is 0. The molecule has 0 heterocycles. The molecule has 6 nitrogen and oxygen atoms in total. The van der Waals surface area contributed by atoms with Gasteiger partial charge in [-0.25, -0.2) is 0 Å². The number of nitro benzene ring substituents is 1. The molecule has 0 fully saturated rings. The van der Waals surface area contributed by atoms with Crippen LogP contribution in [0.4, 0.5) is 11.4 Å². The number of phenols is 1. The molecule has 0 aliphatic rings. The summed E-state index contributed by atoms with van der Waals surface area (Å²) in [4.78, 5) is 10.2. The van der Waals surface area contributed by atoms with Crippen LogP contribution < -0.4 is 5.43 Å². The first-order valence-corrected chi connectivity index (χ1v) is 6.80. The SMILES string of the molecule is C/C(=N\Nc1cccc([N+](=O)[O-])c1)c1cc(Br)ccc1O. The number of benzene rings is 2. The third-order valence-electron chi connectivity index (χ3n) is 2.76. The number of nitro groups is 1. The molecule has 0 spiro atoms. The first-order chi connectivity index (χ1) is 9.97. The number of nitrogens with one attached hydrogen (secondary N) is 1. The van der Waals surface area contributed by atoms with Crippen molar-refractivity contribution in [2.24, 2.45) is 5.10 Å². The second kappa shape index (κ2) is 6.36. The summed E-state index contributed by atoms with van der Waals surface area (Å²) < 4.78 is 0.820. The van der Waals surface area contributed by atoms with Crippen LogP contribution in [0.15, 0.2) is 52.0 Å². The van der Waals surface area contributed by atoms with E-state index >= 15 is 0 Å². The van der Waals surface area contributed by atoms with E-state index in [1.807, 2.05) is 0 Å². The molecule has 2 aromatic rings. The highest BCUT2D eigenvalue weighted by molar-refractivity contribution is 9.10. The van der Waals surface area contributed by atoms with Crippen molar-refractivity contribution in [3.05, 3.63) is 62.6 Å². The van der Waals surface area contributed by atoms with Gasteiger partial charge in [0.25, 0.3) is 5.69 Å². The van der Waals surface area contributed by atoms with Crippen LogP contribution in [0.25, 0.3) is 0 Å². The number of rotatable bonds is 4. The second-order valence-electron chi connectivity index (χ2n) is 4.28. The van der Waals surface area contributed by atoms with Crippen molar-refractivity contribution in [2.45, 2.75) is 6.92 Å².